The summed E-state index contributed by atoms with van der Waals surface area (Å²) in [7, 11) is 4.63. The molecule has 0 aromatic heterocycles. The average Bonchev–Trinajstić information content (AvgIpc) is 2.64. The number of hydrogen-bond acceptors (Lipinski definition) is 4. The number of methoxy groups -OCH3 is 3. The topological polar surface area (TPSA) is 44.8 Å². The number of rotatable bonds is 7. The number of ether oxygens (including phenoxy) is 3. The van der Waals surface area contributed by atoms with Crippen LogP contribution >= 0.6 is 0 Å². The third kappa shape index (κ3) is 4.62. The Labute approximate surface area is 142 Å². The Kier molecular flexibility index (Phi) is 6.43. The molecule has 0 N–H and O–H groups in total. The van der Waals surface area contributed by atoms with Crippen LogP contribution in [0.1, 0.15) is 11.1 Å². The Morgan fingerprint density at radius 2 is 1.79 bits per heavy atom. The van der Waals surface area contributed by atoms with Crippen molar-refractivity contribution >= 4 is 12.0 Å². The van der Waals surface area contributed by atoms with Gasteiger partial charge in [0, 0.05) is 5.56 Å². The summed E-state index contributed by atoms with van der Waals surface area (Å²) >= 11 is 0. The highest BCUT2D eigenvalue weighted by Gasteiger charge is 2.16. The summed E-state index contributed by atoms with van der Waals surface area (Å²) in [6.45, 7) is 0. The molecule has 1 atom stereocenters. The van der Waals surface area contributed by atoms with Gasteiger partial charge >= 0.3 is 5.97 Å². The molecule has 1 unspecified atom stereocenters. The van der Waals surface area contributed by atoms with Crippen molar-refractivity contribution in [3.8, 4) is 11.5 Å². The molecule has 126 valence electrons. The molecule has 0 radical (unpaired) electrons. The van der Waals surface area contributed by atoms with Gasteiger partial charge in [0.2, 0.25) is 0 Å². The standard InChI is InChI=1S/C20H22O4/c1-22-18-11-12-19(23-2)16(14-18)9-10-17(20(21)24-3)13-15-7-5-4-6-8-15/h4-12,14,17H,13H2,1-3H3/b10-9-. The molecule has 0 fully saturated rings. The van der Waals surface area contributed by atoms with Crippen LogP contribution in [0.3, 0.4) is 0 Å². The van der Waals surface area contributed by atoms with E-state index in [9.17, 15) is 4.79 Å². The van der Waals surface area contributed by atoms with E-state index in [1.807, 2.05) is 60.7 Å². The number of carbonyl (C=O) groups excluding carboxylic acids is 1. The zero-order valence-electron chi connectivity index (χ0n) is 14.2. The highest BCUT2D eigenvalue weighted by Crippen LogP contribution is 2.26. The molecule has 0 amide bonds. The molecular formula is C20H22O4. The Bertz CT molecular complexity index is 692. The lowest BCUT2D eigenvalue weighted by Gasteiger charge is -2.12. The minimum atomic E-state index is -0.367. The van der Waals surface area contributed by atoms with Crippen LogP contribution in [0.25, 0.3) is 6.08 Å². The number of carbonyl (C=O) groups is 1. The molecule has 2 aromatic rings. The SMILES string of the molecule is COC(=O)C(/C=C\c1cc(OC)ccc1OC)Cc1ccccc1. The van der Waals surface area contributed by atoms with E-state index in [0.29, 0.717) is 6.42 Å². The van der Waals surface area contributed by atoms with E-state index in [4.69, 9.17) is 14.2 Å². The van der Waals surface area contributed by atoms with E-state index in [1.165, 1.54) is 7.11 Å². The number of benzene rings is 2. The first-order chi connectivity index (χ1) is 11.7. The first-order valence-electron chi connectivity index (χ1n) is 7.70. The maximum Gasteiger partial charge on any atom is 0.312 e. The third-order valence-electron chi connectivity index (χ3n) is 3.75. The van der Waals surface area contributed by atoms with E-state index < -0.39 is 0 Å². The van der Waals surface area contributed by atoms with Crippen molar-refractivity contribution in [3.05, 3.63) is 65.7 Å². The highest BCUT2D eigenvalue weighted by molar-refractivity contribution is 5.76. The smallest absolute Gasteiger partial charge is 0.312 e. The molecule has 0 aliphatic rings. The van der Waals surface area contributed by atoms with Crippen molar-refractivity contribution in [1.82, 2.24) is 0 Å². The number of hydrogen-bond donors (Lipinski definition) is 0. The van der Waals surface area contributed by atoms with Gasteiger partial charge in [0.25, 0.3) is 0 Å². The summed E-state index contributed by atoms with van der Waals surface area (Å²) in [6.07, 6.45) is 4.29. The first-order valence-corrected chi connectivity index (χ1v) is 7.70. The van der Waals surface area contributed by atoms with Crippen molar-refractivity contribution in [2.45, 2.75) is 6.42 Å². The van der Waals surface area contributed by atoms with Crippen LogP contribution in [0.2, 0.25) is 0 Å². The molecule has 24 heavy (non-hydrogen) atoms. The van der Waals surface area contributed by atoms with Gasteiger partial charge in [-0.15, -0.1) is 0 Å². The summed E-state index contributed by atoms with van der Waals surface area (Å²) in [5, 5.41) is 0. The third-order valence-corrected chi connectivity index (χ3v) is 3.75. The summed E-state index contributed by atoms with van der Waals surface area (Å²) in [5.74, 6) is 0.814. The minimum absolute atomic E-state index is 0.267. The molecule has 0 aliphatic heterocycles. The predicted octanol–water partition coefficient (Wildman–Crippen LogP) is 3.75. The van der Waals surface area contributed by atoms with Crippen molar-refractivity contribution < 1.29 is 19.0 Å². The molecule has 0 bridgehead atoms. The molecule has 0 heterocycles. The van der Waals surface area contributed by atoms with Gasteiger partial charge in [0.15, 0.2) is 0 Å². The van der Waals surface area contributed by atoms with Crippen LogP contribution in [-0.4, -0.2) is 27.3 Å². The van der Waals surface area contributed by atoms with Crippen LogP contribution in [0.5, 0.6) is 11.5 Å². The van der Waals surface area contributed by atoms with Gasteiger partial charge in [0.1, 0.15) is 11.5 Å². The summed E-state index contributed by atoms with van der Waals surface area (Å²) in [6, 6.07) is 15.4. The average molecular weight is 326 g/mol. The summed E-state index contributed by atoms with van der Waals surface area (Å²) < 4.78 is 15.5. The van der Waals surface area contributed by atoms with Crippen LogP contribution in [0, 0.1) is 5.92 Å². The molecule has 0 saturated heterocycles. The molecule has 2 aromatic carbocycles. The van der Waals surface area contributed by atoms with Crippen molar-refractivity contribution in [2.75, 3.05) is 21.3 Å². The highest BCUT2D eigenvalue weighted by atomic mass is 16.5. The van der Waals surface area contributed by atoms with Gasteiger partial charge in [-0.25, -0.2) is 0 Å². The van der Waals surface area contributed by atoms with Crippen molar-refractivity contribution in [1.29, 1.82) is 0 Å². The maximum absolute atomic E-state index is 12.1. The fourth-order valence-corrected chi connectivity index (χ4v) is 2.44. The molecule has 4 nitrogen and oxygen atoms in total. The summed E-state index contributed by atoms with van der Waals surface area (Å²) in [4.78, 5) is 12.1. The van der Waals surface area contributed by atoms with Gasteiger partial charge in [-0.3, -0.25) is 4.79 Å². The molecule has 2 rings (SSSR count). The lowest BCUT2D eigenvalue weighted by Crippen LogP contribution is -2.16. The van der Waals surface area contributed by atoms with Crippen LogP contribution in [-0.2, 0) is 16.0 Å². The zero-order chi connectivity index (χ0) is 17.4. The van der Waals surface area contributed by atoms with Gasteiger partial charge < -0.3 is 14.2 Å². The zero-order valence-corrected chi connectivity index (χ0v) is 14.2. The second kappa shape index (κ2) is 8.77. The Balaban J connectivity index is 2.25. The Morgan fingerprint density at radius 1 is 1.04 bits per heavy atom. The molecular weight excluding hydrogens is 304 g/mol. The molecule has 4 heteroatoms. The molecule has 0 saturated carbocycles. The summed E-state index contributed by atoms with van der Waals surface area (Å²) in [5.41, 5.74) is 1.92. The van der Waals surface area contributed by atoms with E-state index in [2.05, 4.69) is 0 Å². The van der Waals surface area contributed by atoms with Gasteiger partial charge in [-0.05, 0) is 30.2 Å². The Morgan fingerprint density at radius 3 is 2.42 bits per heavy atom. The quantitative estimate of drug-likeness (QED) is 0.727. The fourth-order valence-electron chi connectivity index (χ4n) is 2.44. The van der Waals surface area contributed by atoms with E-state index in [0.717, 1.165) is 22.6 Å². The second-order valence-electron chi connectivity index (χ2n) is 5.29. The van der Waals surface area contributed by atoms with Crippen LogP contribution < -0.4 is 9.47 Å². The predicted molar refractivity (Wildman–Crippen MR) is 94.2 cm³/mol. The van der Waals surface area contributed by atoms with E-state index in [1.54, 1.807) is 14.2 Å². The normalized spacial score (nSPS) is 12.0. The van der Waals surface area contributed by atoms with Crippen LogP contribution in [0.4, 0.5) is 0 Å². The van der Waals surface area contributed by atoms with Gasteiger partial charge in [-0.1, -0.05) is 42.5 Å². The Hall–Kier alpha value is -2.75. The largest absolute Gasteiger partial charge is 0.497 e. The monoisotopic (exact) mass is 326 g/mol. The lowest BCUT2D eigenvalue weighted by molar-refractivity contribution is -0.143. The second-order valence-corrected chi connectivity index (χ2v) is 5.29. The van der Waals surface area contributed by atoms with Crippen molar-refractivity contribution in [2.24, 2.45) is 5.92 Å². The lowest BCUT2D eigenvalue weighted by atomic mass is 9.98. The van der Waals surface area contributed by atoms with Crippen LogP contribution in [0.15, 0.2) is 54.6 Å². The fraction of sp³-hybridized carbons (Fsp3) is 0.250. The first kappa shape index (κ1) is 17.6. The maximum atomic E-state index is 12.1. The van der Waals surface area contributed by atoms with Crippen molar-refractivity contribution in [3.63, 3.8) is 0 Å². The van der Waals surface area contributed by atoms with E-state index >= 15 is 0 Å². The van der Waals surface area contributed by atoms with Gasteiger partial charge in [-0.2, -0.15) is 0 Å². The number of esters is 1. The minimum Gasteiger partial charge on any atom is -0.497 e. The molecule has 0 spiro atoms. The van der Waals surface area contributed by atoms with Gasteiger partial charge in [0.05, 0.1) is 27.2 Å². The molecule has 0 aliphatic carbocycles. The van der Waals surface area contributed by atoms with E-state index in [-0.39, 0.29) is 11.9 Å².